The van der Waals surface area contributed by atoms with Gasteiger partial charge < -0.3 is 20.6 Å². The van der Waals surface area contributed by atoms with Gasteiger partial charge in [0.25, 0.3) is 11.5 Å². The fourth-order valence-electron chi connectivity index (χ4n) is 4.64. The molecule has 11 nitrogen and oxygen atoms in total. The van der Waals surface area contributed by atoms with E-state index in [1.54, 1.807) is 0 Å². The van der Waals surface area contributed by atoms with Gasteiger partial charge in [-0.25, -0.2) is 4.79 Å². The van der Waals surface area contributed by atoms with Gasteiger partial charge in [-0.1, -0.05) is 19.3 Å². The number of aliphatic carboxylic acids is 2. The van der Waals surface area contributed by atoms with E-state index in [9.17, 15) is 34.2 Å². The van der Waals surface area contributed by atoms with E-state index in [1.165, 1.54) is 0 Å². The lowest BCUT2D eigenvalue weighted by molar-refractivity contribution is -0.143. The lowest BCUT2D eigenvalue weighted by atomic mass is 9.86. The molecule has 1 heterocycles. The lowest BCUT2D eigenvalue weighted by Gasteiger charge is -2.31. The van der Waals surface area contributed by atoms with Gasteiger partial charge in [-0.2, -0.15) is 0 Å². The van der Waals surface area contributed by atoms with Gasteiger partial charge in [0.05, 0.1) is 5.92 Å². The van der Waals surface area contributed by atoms with Crippen molar-refractivity contribution >= 4 is 17.8 Å². The van der Waals surface area contributed by atoms with Crippen molar-refractivity contribution in [3.63, 3.8) is 0 Å². The van der Waals surface area contributed by atoms with Gasteiger partial charge >= 0.3 is 17.6 Å². The zero-order chi connectivity index (χ0) is 22.7. The number of nitrogens with zero attached hydrogens (tertiary/aromatic N) is 2. The number of aromatic hydroxyl groups is 1. The number of carboxylic acid groups (broad SMARTS) is 2. The first kappa shape index (κ1) is 22.6. The summed E-state index contributed by atoms with van der Waals surface area (Å²) in [6.45, 7) is -0.746. The fraction of sp³-hybridized carbons (Fsp3) is 0.650. The Morgan fingerprint density at radius 3 is 2.00 bits per heavy atom. The zero-order valence-corrected chi connectivity index (χ0v) is 17.1. The first-order valence-electron chi connectivity index (χ1n) is 10.5. The zero-order valence-electron chi connectivity index (χ0n) is 17.1. The summed E-state index contributed by atoms with van der Waals surface area (Å²) in [7, 11) is 0. The normalized spacial score (nSPS) is 22.1. The highest BCUT2D eigenvalue weighted by atomic mass is 16.4. The van der Waals surface area contributed by atoms with Gasteiger partial charge in [-0.05, 0) is 38.5 Å². The second-order valence-corrected chi connectivity index (χ2v) is 8.24. The van der Waals surface area contributed by atoms with E-state index in [0.29, 0.717) is 38.5 Å². The Kier molecular flexibility index (Phi) is 6.81. The second kappa shape index (κ2) is 9.36. The van der Waals surface area contributed by atoms with E-state index < -0.39 is 65.1 Å². The van der Waals surface area contributed by atoms with E-state index >= 15 is 0 Å². The van der Waals surface area contributed by atoms with Crippen molar-refractivity contribution < 1.29 is 29.7 Å². The van der Waals surface area contributed by atoms with Gasteiger partial charge in [-0.15, -0.1) is 0 Å². The molecule has 2 saturated carbocycles. The predicted molar refractivity (Wildman–Crippen MR) is 107 cm³/mol. The Balaban J connectivity index is 2.08. The van der Waals surface area contributed by atoms with E-state index in [2.05, 4.69) is 5.32 Å². The largest absolute Gasteiger partial charge is 0.494 e. The molecule has 2 aliphatic carbocycles. The Hall–Kier alpha value is -3.11. The highest BCUT2D eigenvalue weighted by Crippen LogP contribution is 2.34. The lowest BCUT2D eigenvalue weighted by Crippen LogP contribution is -2.48. The summed E-state index contributed by atoms with van der Waals surface area (Å²) in [4.78, 5) is 61.0. The Morgan fingerprint density at radius 1 is 0.871 bits per heavy atom. The molecule has 0 saturated heterocycles. The second-order valence-electron chi connectivity index (χ2n) is 8.24. The third-order valence-corrected chi connectivity index (χ3v) is 6.27. The molecule has 0 atom stereocenters. The minimum atomic E-state index is -1.32. The predicted octanol–water partition coefficient (Wildman–Crippen LogP) is 0.851. The van der Waals surface area contributed by atoms with Gasteiger partial charge in [0.2, 0.25) is 5.88 Å². The van der Waals surface area contributed by atoms with Crippen molar-refractivity contribution in [2.75, 3.05) is 6.54 Å². The highest BCUT2D eigenvalue weighted by Gasteiger charge is 2.34. The van der Waals surface area contributed by atoms with Crippen LogP contribution in [0.3, 0.4) is 0 Å². The number of hydrogen-bond donors (Lipinski definition) is 4. The molecule has 0 spiro atoms. The summed E-state index contributed by atoms with van der Waals surface area (Å²) in [6, 6.07) is -0.980. The number of nitrogens with one attached hydrogen (secondary N) is 1. The fourth-order valence-corrected chi connectivity index (χ4v) is 4.64. The molecule has 0 radical (unpaired) electrons. The molecule has 31 heavy (non-hydrogen) atoms. The number of amides is 1. The number of hydrogen-bond acceptors (Lipinski definition) is 6. The first-order chi connectivity index (χ1) is 14.7. The molecular formula is C20H27N3O8. The van der Waals surface area contributed by atoms with E-state index in [-0.39, 0.29) is 0 Å². The summed E-state index contributed by atoms with van der Waals surface area (Å²) >= 11 is 0. The average molecular weight is 437 g/mol. The summed E-state index contributed by atoms with van der Waals surface area (Å²) in [5.41, 5.74) is -2.32. The standard InChI is InChI=1S/C20H27N3O8/c24-14(25)10-21-16(26)15-17(27)22(12-4-2-1-3-5-12)20(31)23(18(15)28)13-8-6-11(7-9-13)19(29)30/h11-13,28H,1-10H2,(H,21,26)(H,24,25)(H,29,30). The maximum absolute atomic E-state index is 13.3. The monoisotopic (exact) mass is 437 g/mol. The minimum absolute atomic E-state index is 0.295. The minimum Gasteiger partial charge on any atom is -0.494 e. The van der Waals surface area contributed by atoms with Gasteiger partial charge in [0.1, 0.15) is 6.54 Å². The van der Waals surface area contributed by atoms with E-state index in [4.69, 9.17) is 5.11 Å². The van der Waals surface area contributed by atoms with Crippen molar-refractivity contribution in [1.82, 2.24) is 14.5 Å². The van der Waals surface area contributed by atoms with E-state index in [0.717, 1.165) is 28.4 Å². The Bertz CT molecular complexity index is 981. The van der Waals surface area contributed by atoms with Crippen molar-refractivity contribution in [3.8, 4) is 5.88 Å². The van der Waals surface area contributed by atoms with Crippen LogP contribution in [0.1, 0.15) is 80.2 Å². The van der Waals surface area contributed by atoms with Crippen molar-refractivity contribution in [1.29, 1.82) is 0 Å². The van der Waals surface area contributed by atoms with Crippen molar-refractivity contribution in [2.45, 2.75) is 69.9 Å². The molecule has 2 fully saturated rings. The summed E-state index contributed by atoms with van der Waals surface area (Å²) in [5, 5.41) is 30.9. The van der Waals surface area contributed by atoms with Crippen molar-refractivity contribution in [3.05, 3.63) is 26.4 Å². The van der Waals surface area contributed by atoms with Crippen molar-refractivity contribution in [2.24, 2.45) is 5.92 Å². The maximum atomic E-state index is 13.3. The molecule has 3 rings (SSSR count). The Morgan fingerprint density at radius 2 is 1.45 bits per heavy atom. The summed E-state index contributed by atoms with van der Waals surface area (Å²) in [5.74, 6) is -4.65. The van der Waals surface area contributed by atoms with Crippen LogP contribution < -0.4 is 16.6 Å². The molecule has 11 heteroatoms. The highest BCUT2D eigenvalue weighted by molar-refractivity contribution is 5.97. The molecule has 0 aromatic carbocycles. The SMILES string of the molecule is O=C(O)CNC(=O)c1c(O)n(C2CCC(C(=O)O)CC2)c(=O)n(C2CCCCC2)c1=O. The van der Waals surface area contributed by atoms with Crippen LogP contribution in [0.15, 0.2) is 9.59 Å². The third kappa shape index (κ3) is 4.64. The molecule has 0 aliphatic heterocycles. The molecule has 170 valence electrons. The smallest absolute Gasteiger partial charge is 0.334 e. The van der Waals surface area contributed by atoms with Gasteiger partial charge in [0.15, 0.2) is 5.56 Å². The molecule has 0 bridgehead atoms. The van der Waals surface area contributed by atoms with E-state index in [1.807, 2.05) is 0 Å². The summed E-state index contributed by atoms with van der Waals surface area (Å²) in [6.07, 6.45) is 4.98. The number of rotatable bonds is 6. The molecule has 1 aromatic heterocycles. The van der Waals surface area contributed by atoms with Gasteiger partial charge in [0, 0.05) is 12.1 Å². The number of carbonyl (C=O) groups excluding carboxylic acids is 1. The van der Waals surface area contributed by atoms with Crippen LogP contribution in [0.5, 0.6) is 5.88 Å². The quantitative estimate of drug-likeness (QED) is 0.508. The molecule has 1 aromatic rings. The molecular weight excluding hydrogens is 410 g/mol. The maximum Gasteiger partial charge on any atom is 0.334 e. The first-order valence-corrected chi connectivity index (χ1v) is 10.5. The molecule has 4 N–H and O–H groups in total. The molecule has 1 amide bonds. The van der Waals surface area contributed by atoms with Crippen LogP contribution in [0.2, 0.25) is 0 Å². The summed E-state index contributed by atoms with van der Waals surface area (Å²) < 4.78 is 2.03. The number of carbonyl (C=O) groups is 3. The molecule has 0 unspecified atom stereocenters. The number of aromatic nitrogens is 2. The third-order valence-electron chi connectivity index (χ3n) is 6.27. The van der Waals surface area contributed by atoms with Crippen LogP contribution in [0.25, 0.3) is 0 Å². The molecule has 2 aliphatic rings. The van der Waals surface area contributed by atoms with Crippen LogP contribution in [-0.4, -0.2) is 48.8 Å². The number of carboxylic acids is 2. The average Bonchev–Trinajstić information content (AvgIpc) is 2.73. The van der Waals surface area contributed by atoms with Crippen LogP contribution in [-0.2, 0) is 9.59 Å². The van der Waals surface area contributed by atoms with Crippen LogP contribution in [0, 0.1) is 5.92 Å². The van der Waals surface area contributed by atoms with Crippen LogP contribution in [0.4, 0.5) is 0 Å². The topological polar surface area (TPSA) is 168 Å². The van der Waals surface area contributed by atoms with Crippen LogP contribution >= 0.6 is 0 Å². The van der Waals surface area contributed by atoms with Gasteiger partial charge in [-0.3, -0.25) is 28.3 Å². The Labute approximate surface area is 177 Å².